The largest absolute Gasteiger partial charge is 0.494 e. The molecule has 0 fully saturated rings. The molecular weight excluding hydrogens is 410 g/mol. The normalized spacial score (nSPS) is 11.6. The molecule has 1 aromatic heterocycles. The van der Waals surface area contributed by atoms with Crippen LogP contribution in [0.4, 0.5) is 0 Å². The summed E-state index contributed by atoms with van der Waals surface area (Å²) in [5, 5.41) is 12.0. The topological polar surface area (TPSA) is 50.5 Å². The van der Waals surface area contributed by atoms with Crippen LogP contribution in [0.3, 0.4) is 0 Å². The van der Waals surface area contributed by atoms with E-state index in [1.54, 1.807) is 0 Å². The van der Waals surface area contributed by atoms with E-state index in [0.717, 1.165) is 42.1 Å². The summed E-state index contributed by atoms with van der Waals surface area (Å²) in [7, 11) is 4.07. The van der Waals surface area contributed by atoms with E-state index >= 15 is 0 Å². The van der Waals surface area contributed by atoms with E-state index in [1.165, 1.54) is 0 Å². The van der Waals surface area contributed by atoms with Crippen molar-refractivity contribution in [3.63, 3.8) is 0 Å². The molecular formula is C28H31N3O2. The van der Waals surface area contributed by atoms with Gasteiger partial charge in [-0.3, -0.25) is 0 Å². The smallest absolute Gasteiger partial charge is 0.173 e. The summed E-state index contributed by atoms with van der Waals surface area (Å²) in [6, 6.07) is 29.3. The predicted molar refractivity (Wildman–Crippen MR) is 131 cm³/mol. The van der Waals surface area contributed by atoms with Crippen molar-refractivity contribution in [3.05, 3.63) is 120 Å². The highest BCUT2D eigenvalue weighted by Crippen LogP contribution is 2.35. The van der Waals surface area contributed by atoms with Crippen LogP contribution in [-0.4, -0.2) is 39.8 Å². The minimum atomic E-state index is -1.34. The molecule has 170 valence electrons. The van der Waals surface area contributed by atoms with Crippen molar-refractivity contribution in [3.8, 4) is 5.75 Å². The van der Waals surface area contributed by atoms with Gasteiger partial charge in [-0.05, 0) is 36.7 Å². The molecule has 0 saturated heterocycles. The van der Waals surface area contributed by atoms with Crippen molar-refractivity contribution in [1.29, 1.82) is 0 Å². The number of benzene rings is 3. The fraction of sp³-hybridized carbons (Fsp3) is 0.250. The molecule has 3 aromatic carbocycles. The molecule has 0 saturated carbocycles. The zero-order valence-electron chi connectivity index (χ0n) is 19.3. The van der Waals surface area contributed by atoms with Crippen LogP contribution in [0.1, 0.15) is 29.1 Å². The maximum absolute atomic E-state index is 12.0. The highest BCUT2D eigenvalue weighted by atomic mass is 16.5. The van der Waals surface area contributed by atoms with Gasteiger partial charge < -0.3 is 19.3 Å². The molecule has 0 unspecified atom stereocenters. The molecule has 0 aliphatic rings. The summed E-state index contributed by atoms with van der Waals surface area (Å²) in [6.45, 7) is 2.30. The van der Waals surface area contributed by atoms with Gasteiger partial charge >= 0.3 is 0 Å². The number of imidazole rings is 1. The summed E-state index contributed by atoms with van der Waals surface area (Å²) in [4.78, 5) is 6.94. The minimum Gasteiger partial charge on any atom is -0.494 e. The van der Waals surface area contributed by atoms with E-state index in [9.17, 15) is 5.11 Å². The van der Waals surface area contributed by atoms with Gasteiger partial charge in [0, 0.05) is 26.3 Å². The van der Waals surface area contributed by atoms with Crippen LogP contribution in [0.2, 0.25) is 0 Å². The lowest BCUT2D eigenvalue weighted by atomic mass is 9.85. The number of hydrogen-bond acceptors (Lipinski definition) is 4. The molecule has 0 amide bonds. The Labute approximate surface area is 195 Å². The molecule has 5 heteroatoms. The SMILES string of the molecule is CN(CCCOc1ccccc1)Cc1cnc(C(O)(c2ccccc2)c2ccccc2)n1C. The lowest BCUT2D eigenvalue weighted by Gasteiger charge is -2.29. The van der Waals surface area contributed by atoms with Crippen LogP contribution in [-0.2, 0) is 19.2 Å². The van der Waals surface area contributed by atoms with E-state index in [1.807, 2.05) is 109 Å². The molecule has 33 heavy (non-hydrogen) atoms. The first-order chi connectivity index (χ1) is 16.1. The summed E-state index contributed by atoms with van der Waals surface area (Å²) in [5.74, 6) is 1.51. The molecule has 0 aliphatic carbocycles. The molecule has 0 bridgehead atoms. The molecule has 4 aromatic rings. The summed E-state index contributed by atoms with van der Waals surface area (Å²) in [5.41, 5.74) is 1.30. The Bertz CT molecular complexity index is 1090. The Morgan fingerprint density at radius 2 is 1.42 bits per heavy atom. The van der Waals surface area contributed by atoms with E-state index in [-0.39, 0.29) is 0 Å². The monoisotopic (exact) mass is 441 g/mol. The average Bonchev–Trinajstić information content (AvgIpc) is 3.23. The standard InChI is InChI=1S/C28H31N3O2/c1-30(19-12-20-33-26-17-10-5-11-18-26)22-25-21-29-27(31(25)2)28(32,23-13-6-3-7-14-23)24-15-8-4-9-16-24/h3-11,13-18,21,32H,12,19-20,22H2,1-2H3. The van der Waals surface area contributed by atoms with E-state index in [2.05, 4.69) is 11.9 Å². The average molecular weight is 442 g/mol. The highest BCUT2D eigenvalue weighted by Gasteiger charge is 2.38. The molecule has 0 atom stereocenters. The van der Waals surface area contributed by atoms with Crippen LogP contribution in [0.5, 0.6) is 5.75 Å². The molecule has 1 heterocycles. The number of nitrogens with zero attached hydrogens (tertiary/aromatic N) is 3. The van der Waals surface area contributed by atoms with Crippen LogP contribution >= 0.6 is 0 Å². The second-order valence-corrected chi connectivity index (χ2v) is 8.33. The first kappa shape index (κ1) is 22.8. The molecule has 0 aliphatic heterocycles. The molecule has 0 spiro atoms. The van der Waals surface area contributed by atoms with Gasteiger partial charge in [0.05, 0.1) is 12.3 Å². The minimum absolute atomic E-state index is 0.607. The Kier molecular flexibility index (Phi) is 7.23. The maximum atomic E-state index is 12.0. The van der Waals surface area contributed by atoms with Crippen molar-refractivity contribution >= 4 is 0 Å². The zero-order chi connectivity index (χ0) is 23.1. The van der Waals surface area contributed by atoms with Crippen LogP contribution in [0.25, 0.3) is 0 Å². The number of rotatable bonds is 10. The number of ether oxygens (including phenoxy) is 1. The second kappa shape index (κ2) is 10.5. The Morgan fingerprint density at radius 3 is 2.00 bits per heavy atom. The third-order valence-corrected chi connectivity index (χ3v) is 5.92. The van der Waals surface area contributed by atoms with Crippen LogP contribution < -0.4 is 4.74 Å². The van der Waals surface area contributed by atoms with Crippen molar-refractivity contribution in [1.82, 2.24) is 14.5 Å². The molecule has 1 N–H and O–H groups in total. The first-order valence-electron chi connectivity index (χ1n) is 11.3. The predicted octanol–water partition coefficient (Wildman–Crippen LogP) is 4.61. The van der Waals surface area contributed by atoms with Crippen molar-refractivity contribution < 1.29 is 9.84 Å². The maximum Gasteiger partial charge on any atom is 0.173 e. The molecule has 4 rings (SSSR count). The molecule has 5 nitrogen and oxygen atoms in total. The van der Waals surface area contributed by atoms with Gasteiger partial charge in [0.25, 0.3) is 0 Å². The lowest BCUT2D eigenvalue weighted by Crippen LogP contribution is -2.32. The van der Waals surface area contributed by atoms with Gasteiger partial charge in [0.1, 0.15) is 11.6 Å². The number of aliphatic hydroxyl groups is 1. The second-order valence-electron chi connectivity index (χ2n) is 8.33. The van der Waals surface area contributed by atoms with Crippen LogP contribution in [0, 0.1) is 0 Å². The van der Waals surface area contributed by atoms with Gasteiger partial charge in [-0.2, -0.15) is 0 Å². The van der Waals surface area contributed by atoms with E-state index in [4.69, 9.17) is 9.72 Å². The van der Waals surface area contributed by atoms with Gasteiger partial charge in [-0.15, -0.1) is 0 Å². The van der Waals surface area contributed by atoms with Gasteiger partial charge in [-0.25, -0.2) is 4.98 Å². The Balaban J connectivity index is 1.47. The molecule has 0 radical (unpaired) electrons. The fourth-order valence-corrected chi connectivity index (χ4v) is 4.11. The fourth-order valence-electron chi connectivity index (χ4n) is 4.11. The number of aromatic nitrogens is 2. The summed E-state index contributed by atoms with van der Waals surface area (Å²) >= 11 is 0. The number of hydrogen-bond donors (Lipinski definition) is 1. The third kappa shape index (κ3) is 5.16. The summed E-state index contributed by atoms with van der Waals surface area (Å²) < 4.78 is 7.81. The Morgan fingerprint density at radius 1 is 0.879 bits per heavy atom. The first-order valence-corrected chi connectivity index (χ1v) is 11.3. The highest BCUT2D eigenvalue weighted by molar-refractivity contribution is 5.43. The van der Waals surface area contributed by atoms with Gasteiger partial charge in [0.2, 0.25) is 0 Å². The van der Waals surface area contributed by atoms with Gasteiger partial charge in [0.15, 0.2) is 5.60 Å². The van der Waals surface area contributed by atoms with Crippen molar-refractivity contribution in [2.75, 3.05) is 20.2 Å². The number of para-hydroxylation sites is 1. The van der Waals surface area contributed by atoms with Crippen molar-refractivity contribution in [2.24, 2.45) is 7.05 Å². The van der Waals surface area contributed by atoms with Crippen LogP contribution in [0.15, 0.2) is 97.2 Å². The quantitative estimate of drug-likeness (QED) is 0.365. The van der Waals surface area contributed by atoms with Gasteiger partial charge in [-0.1, -0.05) is 78.9 Å². The Hall–Kier alpha value is -3.41. The van der Waals surface area contributed by atoms with E-state index in [0.29, 0.717) is 12.4 Å². The lowest BCUT2D eigenvalue weighted by molar-refractivity contribution is 0.112. The summed E-state index contributed by atoms with van der Waals surface area (Å²) in [6.07, 6.45) is 2.79. The van der Waals surface area contributed by atoms with E-state index < -0.39 is 5.60 Å². The van der Waals surface area contributed by atoms with Crippen molar-refractivity contribution in [2.45, 2.75) is 18.6 Å². The third-order valence-electron chi connectivity index (χ3n) is 5.92. The zero-order valence-corrected chi connectivity index (χ0v) is 19.3.